The van der Waals surface area contributed by atoms with E-state index in [0.29, 0.717) is 17.4 Å². The minimum absolute atomic E-state index is 0.272. The lowest BCUT2D eigenvalue weighted by Gasteiger charge is -2.03. The van der Waals surface area contributed by atoms with E-state index in [-0.39, 0.29) is 12.6 Å². The normalized spacial score (nSPS) is 10.2. The summed E-state index contributed by atoms with van der Waals surface area (Å²) in [6, 6.07) is -0.275. The fraction of sp³-hybridized carbons (Fsp3) is 0.333. The smallest absolute Gasteiger partial charge is 0.314 e. The van der Waals surface area contributed by atoms with Gasteiger partial charge in [0.2, 0.25) is 5.65 Å². The van der Waals surface area contributed by atoms with E-state index in [0.717, 1.165) is 0 Å². The molecule has 0 atom stereocenters. The van der Waals surface area contributed by atoms with Crippen molar-refractivity contribution in [2.75, 3.05) is 14.2 Å². The first-order chi connectivity index (χ1) is 8.26. The standard InChI is InChI=1S/C9H12N6O2/c1-10-9(16)12-5-6-13-14-7-8(17-2)11-3-4-15(6)7/h3-4H,5H2,1-2H3,(H2,10,12,16). The molecule has 2 rings (SSSR count). The maximum atomic E-state index is 11.0. The van der Waals surface area contributed by atoms with Crippen molar-refractivity contribution in [2.24, 2.45) is 0 Å². The predicted molar refractivity (Wildman–Crippen MR) is 58.6 cm³/mol. The Morgan fingerprint density at radius 3 is 3.06 bits per heavy atom. The highest BCUT2D eigenvalue weighted by Gasteiger charge is 2.10. The molecule has 2 amide bonds. The molecule has 0 saturated heterocycles. The second-order valence-corrected chi connectivity index (χ2v) is 3.18. The number of nitrogens with zero attached hydrogens (tertiary/aromatic N) is 4. The third-order valence-corrected chi connectivity index (χ3v) is 2.19. The van der Waals surface area contributed by atoms with E-state index in [2.05, 4.69) is 25.8 Å². The highest BCUT2D eigenvalue weighted by molar-refractivity contribution is 5.73. The van der Waals surface area contributed by atoms with Gasteiger partial charge in [-0.05, 0) is 0 Å². The van der Waals surface area contributed by atoms with Crippen LogP contribution in [-0.2, 0) is 6.54 Å². The Morgan fingerprint density at radius 2 is 2.35 bits per heavy atom. The number of hydrogen-bond acceptors (Lipinski definition) is 5. The van der Waals surface area contributed by atoms with Crippen molar-refractivity contribution in [1.29, 1.82) is 0 Å². The first-order valence-corrected chi connectivity index (χ1v) is 4.94. The lowest BCUT2D eigenvalue weighted by Crippen LogP contribution is -2.32. The monoisotopic (exact) mass is 236 g/mol. The van der Waals surface area contributed by atoms with E-state index < -0.39 is 0 Å². The molecule has 0 spiro atoms. The van der Waals surface area contributed by atoms with Crippen LogP contribution in [0.2, 0.25) is 0 Å². The molecular formula is C9H12N6O2. The molecule has 0 aliphatic rings. The van der Waals surface area contributed by atoms with E-state index >= 15 is 0 Å². The lowest BCUT2D eigenvalue weighted by molar-refractivity contribution is 0.242. The summed E-state index contributed by atoms with van der Waals surface area (Å²) in [6.07, 6.45) is 3.29. The van der Waals surface area contributed by atoms with Crippen LogP contribution in [0.1, 0.15) is 5.82 Å². The summed E-state index contributed by atoms with van der Waals surface area (Å²) in [5.41, 5.74) is 0.517. The number of nitrogens with one attached hydrogen (secondary N) is 2. The van der Waals surface area contributed by atoms with Gasteiger partial charge in [-0.15, -0.1) is 10.2 Å². The summed E-state index contributed by atoms with van der Waals surface area (Å²) in [5.74, 6) is 0.996. The number of rotatable bonds is 3. The minimum Gasteiger partial charge on any atom is -0.478 e. The van der Waals surface area contributed by atoms with Crippen molar-refractivity contribution in [2.45, 2.75) is 6.54 Å². The van der Waals surface area contributed by atoms with Gasteiger partial charge in [0.25, 0.3) is 5.88 Å². The zero-order valence-electron chi connectivity index (χ0n) is 9.47. The summed E-state index contributed by atoms with van der Waals surface area (Å²) in [7, 11) is 3.06. The number of urea groups is 1. The van der Waals surface area contributed by atoms with Gasteiger partial charge in [-0.1, -0.05) is 0 Å². The van der Waals surface area contributed by atoms with Crippen molar-refractivity contribution in [3.63, 3.8) is 0 Å². The molecule has 0 saturated carbocycles. The van der Waals surface area contributed by atoms with Crippen molar-refractivity contribution in [1.82, 2.24) is 30.2 Å². The van der Waals surface area contributed by atoms with Crippen LogP contribution < -0.4 is 15.4 Å². The molecule has 0 bridgehead atoms. The molecule has 0 aromatic carbocycles. The second kappa shape index (κ2) is 4.64. The molecule has 90 valence electrons. The lowest BCUT2D eigenvalue weighted by atomic mass is 10.5. The molecule has 2 heterocycles. The summed E-state index contributed by atoms with van der Waals surface area (Å²) in [5, 5.41) is 13.0. The molecule has 2 N–H and O–H groups in total. The van der Waals surface area contributed by atoms with Crippen LogP contribution in [0.25, 0.3) is 5.65 Å². The average Bonchev–Trinajstić information content (AvgIpc) is 2.78. The number of hydrogen-bond donors (Lipinski definition) is 2. The molecular weight excluding hydrogens is 224 g/mol. The minimum atomic E-state index is -0.275. The van der Waals surface area contributed by atoms with E-state index in [9.17, 15) is 4.79 Å². The van der Waals surface area contributed by atoms with Crippen LogP contribution in [0, 0.1) is 0 Å². The average molecular weight is 236 g/mol. The number of carbonyl (C=O) groups is 1. The van der Waals surface area contributed by atoms with Crippen LogP contribution >= 0.6 is 0 Å². The van der Waals surface area contributed by atoms with Crippen LogP contribution in [0.3, 0.4) is 0 Å². The van der Waals surface area contributed by atoms with Crippen LogP contribution in [0.5, 0.6) is 5.88 Å². The van der Waals surface area contributed by atoms with Crippen LogP contribution in [0.15, 0.2) is 12.4 Å². The van der Waals surface area contributed by atoms with Crippen molar-refractivity contribution < 1.29 is 9.53 Å². The molecule has 0 radical (unpaired) electrons. The number of carbonyl (C=O) groups excluding carboxylic acids is 1. The van der Waals surface area contributed by atoms with E-state index in [4.69, 9.17) is 4.74 Å². The Morgan fingerprint density at radius 1 is 1.53 bits per heavy atom. The molecule has 2 aromatic rings. The van der Waals surface area contributed by atoms with Gasteiger partial charge in [0, 0.05) is 19.4 Å². The predicted octanol–water partition coefficient (Wildman–Crippen LogP) is -0.438. The molecule has 8 heteroatoms. The van der Waals surface area contributed by atoms with Crippen molar-refractivity contribution in [3.05, 3.63) is 18.2 Å². The van der Waals surface area contributed by atoms with Crippen molar-refractivity contribution in [3.8, 4) is 5.88 Å². The van der Waals surface area contributed by atoms with Gasteiger partial charge in [0.05, 0.1) is 13.7 Å². The highest BCUT2D eigenvalue weighted by Crippen LogP contribution is 2.13. The number of aromatic nitrogens is 4. The van der Waals surface area contributed by atoms with Gasteiger partial charge in [0.1, 0.15) is 0 Å². The maximum absolute atomic E-state index is 11.0. The number of amides is 2. The molecule has 0 aliphatic heterocycles. The van der Waals surface area contributed by atoms with Crippen molar-refractivity contribution >= 4 is 11.7 Å². The largest absolute Gasteiger partial charge is 0.478 e. The Hall–Kier alpha value is -2.38. The first-order valence-electron chi connectivity index (χ1n) is 4.94. The molecule has 8 nitrogen and oxygen atoms in total. The summed E-state index contributed by atoms with van der Waals surface area (Å²) < 4.78 is 6.76. The quantitative estimate of drug-likeness (QED) is 0.753. The van der Waals surface area contributed by atoms with Crippen LogP contribution in [-0.4, -0.2) is 39.8 Å². The maximum Gasteiger partial charge on any atom is 0.314 e. The summed E-state index contributed by atoms with van der Waals surface area (Å²) >= 11 is 0. The van der Waals surface area contributed by atoms with Gasteiger partial charge in [-0.25, -0.2) is 9.78 Å². The van der Waals surface area contributed by atoms with Gasteiger partial charge in [-0.3, -0.25) is 4.40 Å². The molecule has 0 aliphatic carbocycles. The number of methoxy groups -OCH3 is 1. The third-order valence-electron chi connectivity index (χ3n) is 2.19. The highest BCUT2D eigenvalue weighted by atomic mass is 16.5. The van der Waals surface area contributed by atoms with Gasteiger partial charge in [-0.2, -0.15) is 0 Å². The Kier molecular flexibility index (Phi) is 3.03. The summed E-state index contributed by atoms with van der Waals surface area (Å²) in [4.78, 5) is 15.1. The Labute approximate surface area is 97.0 Å². The molecule has 0 fully saturated rings. The number of fused-ring (bicyclic) bond motifs is 1. The second-order valence-electron chi connectivity index (χ2n) is 3.18. The summed E-state index contributed by atoms with van der Waals surface area (Å²) in [6.45, 7) is 0.272. The van der Waals surface area contributed by atoms with Crippen LogP contribution in [0.4, 0.5) is 4.79 Å². The van der Waals surface area contributed by atoms with E-state index in [1.165, 1.54) is 7.11 Å². The number of ether oxygens (including phenoxy) is 1. The fourth-order valence-corrected chi connectivity index (χ4v) is 1.36. The van der Waals surface area contributed by atoms with E-state index in [1.807, 2.05) is 0 Å². The van der Waals surface area contributed by atoms with Gasteiger partial charge in [0.15, 0.2) is 5.82 Å². The zero-order chi connectivity index (χ0) is 12.3. The Balaban J connectivity index is 2.27. The molecule has 0 unspecified atom stereocenters. The molecule has 2 aromatic heterocycles. The fourth-order valence-electron chi connectivity index (χ4n) is 1.36. The Bertz CT molecular complexity index is 537. The van der Waals surface area contributed by atoms with Gasteiger partial charge < -0.3 is 15.4 Å². The zero-order valence-corrected chi connectivity index (χ0v) is 9.47. The molecule has 17 heavy (non-hydrogen) atoms. The first kappa shape index (κ1) is 11.1. The van der Waals surface area contributed by atoms with Gasteiger partial charge >= 0.3 is 6.03 Å². The topological polar surface area (TPSA) is 93.4 Å². The third kappa shape index (κ3) is 2.10. The SMILES string of the molecule is CNC(=O)NCc1nnc2c(OC)nccn12. The van der Waals surface area contributed by atoms with E-state index in [1.54, 1.807) is 23.8 Å².